The predicted molar refractivity (Wildman–Crippen MR) is 108 cm³/mol. The van der Waals surface area contributed by atoms with E-state index in [9.17, 15) is 13.2 Å². The van der Waals surface area contributed by atoms with Gasteiger partial charge in [0.25, 0.3) is 0 Å². The van der Waals surface area contributed by atoms with Crippen molar-refractivity contribution in [3.63, 3.8) is 0 Å². The maximum Gasteiger partial charge on any atom is 0.243 e. The molecule has 0 amide bonds. The van der Waals surface area contributed by atoms with Crippen LogP contribution in [-0.2, 0) is 10.0 Å². The van der Waals surface area contributed by atoms with Crippen LogP contribution in [0.4, 0.5) is 5.69 Å². The number of halogens is 1. The number of carbonyl (C=O) groups is 1. The van der Waals surface area contributed by atoms with Crippen molar-refractivity contribution in [1.82, 2.24) is 4.31 Å². The summed E-state index contributed by atoms with van der Waals surface area (Å²) in [6.07, 6.45) is 1.76. The molecule has 1 saturated heterocycles. The van der Waals surface area contributed by atoms with Crippen molar-refractivity contribution in [2.45, 2.75) is 24.7 Å². The average Bonchev–Trinajstić information content (AvgIpc) is 2.67. The van der Waals surface area contributed by atoms with Crippen LogP contribution < -0.4 is 5.32 Å². The van der Waals surface area contributed by atoms with Crippen LogP contribution in [0.25, 0.3) is 0 Å². The lowest BCUT2D eigenvalue weighted by molar-refractivity contribution is 0.101. The molecule has 0 radical (unpaired) electrons. The first kappa shape index (κ1) is 19.9. The third-order valence-electron chi connectivity index (χ3n) is 4.87. The van der Waals surface area contributed by atoms with Gasteiger partial charge in [0.1, 0.15) is 0 Å². The molecule has 1 fully saturated rings. The maximum atomic E-state index is 12.7. The molecule has 1 heterocycles. The summed E-state index contributed by atoms with van der Waals surface area (Å²) in [5.41, 5.74) is 1.15. The molecule has 0 bridgehead atoms. The van der Waals surface area contributed by atoms with Crippen molar-refractivity contribution >= 4 is 33.1 Å². The molecule has 0 saturated carbocycles. The summed E-state index contributed by atoms with van der Waals surface area (Å²) < 4.78 is 27.0. The molecule has 1 N–H and O–H groups in total. The number of Topliss-reactive ketones (excluding diaryl/α,β-unsaturated/α-hetero) is 1. The summed E-state index contributed by atoms with van der Waals surface area (Å²) in [5.74, 6) is 0.424. The van der Waals surface area contributed by atoms with E-state index < -0.39 is 10.0 Å². The molecule has 0 aromatic heterocycles. The number of hydrogen-bond donors (Lipinski definition) is 1. The van der Waals surface area contributed by atoms with E-state index in [1.165, 1.54) is 16.4 Å². The summed E-state index contributed by atoms with van der Waals surface area (Å²) >= 11 is 6.06. The van der Waals surface area contributed by atoms with E-state index in [-0.39, 0.29) is 17.2 Å². The normalized spacial score (nSPS) is 16.2. The Bertz CT molecular complexity index is 905. The van der Waals surface area contributed by atoms with Gasteiger partial charge < -0.3 is 5.32 Å². The monoisotopic (exact) mass is 406 g/mol. The van der Waals surface area contributed by atoms with Gasteiger partial charge in [-0.15, -0.1) is 0 Å². The highest BCUT2D eigenvalue weighted by atomic mass is 35.5. The number of anilines is 1. The topological polar surface area (TPSA) is 66.5 Å². The van der Waals surface area contributed by atoms with Crippen molar-refractivity contribution in [2.24, 2.45) is 5.92 Å². The third kappa shape index (κ3) is 4.69. The molecule has 7 heteroatoms. The van der Waals surface area contributed by atoms with Crippen molar-refractivity contribution in [3.05, 3.63) is 59.1 Å². The van der Waals surface area contributed by atoms with Crippen LogP contribution in [-0.4, -0.2) is 38.1 Å². The van der Waals surface area contributed by atoms with Gasteiger partial charge in [-0.1, -0.05) is 30.7 Å². The largest absolute Gasteiger partial charge is 0.376 e. The predicted octanol–water partition coefficient (Wildman–Crippen LogP) is 4.06. The zero-order valence-corrected chi connectivity index (χ0v) is 16.8. The molecule has 0 aliphatic carbocycles. The highest BCUT2D eigenvalue weighted by molar-refractivity contribution is 7.89. The Morgan fingerprint density at radius 2 is 1.74 bits per heavy atom. The fraction of sp³-hybridized carbons (Fsp3) is 0.350. The molecule has 5 nitrogen and oxygen atoms in total. The summed E-state index contributed by atoms with van der Waals surface area (Å²) in [7, 11) is -3.50. The van der Waals surface area contributed by atoms with Gasteiger partial charge in [0.2, 0.25) is 10.0 Å². The Hall–Kier alpha value is -1.89. The maximum absolute atomic E-state index is 12.7. The Labute approximate surface area is 165 Å². The lowest BCUT2D eigenvalue weighted by Crippen LogP contribution is -2.37. The molecule has 27 heavy (non-hydrogen) atoms. The zero-order chi connectivity index (χ0) is 19.4. The van der Waals surface area contributed by atoms with Crippen LogP contribution in [0.1, 0.15) is 30.1 Å². The van der Waals surface area contributed by atoms with E-state index in [0.29, 0.717) is 35.3 Å². The number of sulfonamides is 1. The lowest BCUT2D eigenvalue weighted by Gasteiger charge is -2.29. The molecule has 0 atom stereocenters. The Balaban J connectivity index is 1.66. The van der Waals surface area contributed by atoms with Crippen molar-refractivity contribution in [2.75, 3.05) is 25.0 Å². The Morgan fingerprint density at radius 3 is 2.37 bits per heavy atom. The van der Waals surface area contributed by atoms with E-state index in [2.05, 4.69) is 12.2 Å². The highest BCUT2D eigenvalue weighted by Gasteiger charge is 2.28. The zero-order valence-electron chi connectivity index (χ0n) is 15.2. The SMILES string of the molecule is CC1CCN(S(=O)(=O)c2ccc(C(=O)CNc3ccccc3Cl)cc2)CC1. The molecule has 0 unspecified atom stereocenters. The van der Waals surface area contributed by atoms with Gasteiger partial charge in [0.05, 0.1) is 22.2 Å². The molecular weight excluding hydrogens is 384 g/mol. The van der Waals surface area contributed by atoms with Gasteiger partial charge in [-0.25, -0.2) is 8.42 Å². The quantitative estimate of drug-likeness (QED) is 0.735. The number of nitrogens with zero attached hydrogens (tertiary/aromatic N) is 1. The summed E-state index contributed by atoms with van der Waals surface area (Å²) in [6, 6.07) is 13.3. The smallest absolute Gasteiger partial charge is 0.243 e. The summed E-state index contributed by atoms with van der Waals surface area (Å²) in [4.78, 5) is 12.6. The molecule has 1 aliphatic rings. The highest BCUT2D eigenvalue weighted by Crippen LogP contribution is 2.24. The van der Waals surface area contributed by atoms with Gasteiger partial charge in [0.15, 0.2) is 5.78 Å². The van der Waals surface area contributed by atoms with E-state index >= 15 is 0 Å². The molecule has 144 valence electrons. The molecular formula is C20H23ClN2O3S. The fourth-order valence-corrected chi connectivity index (χ4v) is 4.74. The minimum atomic E-state index is -3.50. The first-order chi connectivity index (χ1) is 12.9. The van der Waals surface area contributed by atoms with Gasteiger partial charge in [-0.05, 0) is 55.2 Å². The first-order valence-electron chi connectivity index (χ1n) is 9.00. The van der Waals surface area contributed by atoms with E-state index in [4.69, 9.17) is 11.6 Å². The number of hydrogen-bond acceptors (Lipinski definition) is 4. The van der Waals surface area contributed by atoms with Crippen molar-refractivity contribution < 1.29 is 13.2 Å². The Kier molecular flexibility index (Phi) is 6.19. The van der Waals surface area contributed by atoms with Gasteiger partial charge >= 0.3 is 0 Å². The number of rotatable bonds is 6. The van der Waals surface area contributed by atoms with E-state index in [1.807, 2.05) is 12.1 Å². The number of para-hydroxylation sites is 1. The molecule has 2 aromatic carbocycles. The second kappa shape index (κ2) is 8.42. The van der Waals surface area contributed by atoms with Crippen LogP contribution in [0.2, 0.25) is 5.02 Å². The van der Waals surface area contributed by atoms with Crippen molar-refractivity contribution in [1.29, 1.82) is 0 Å². The average molecular weight is 407 g/mol. The number of carbonyl (C=O) groups excluding carboxylic acids is 1. The van der Waals surface area contributed by atoms with Crippen LogP contribution in [0.15, 0.2) is 53.4 Å². The minimum absolute atomic E-state index is 0.0832. The molecule has 3 rings (SSSR count). The van der Waals surface area contributed by atoms with Crippen molar-refractivity contribution in [3.8, 4) is 0 Å². The van der Waals surface area contributed by atoms with Gasteiger partial charge in [0, 0.05) is 18.7 Å². The van der Waals surface area contributed by atoms with Crippen LogP contribution in [0.5, 0.6) is 0 Å². The van der Waals surface area contributed by atoms with Crippen LogP contribution in [0, 0.1) is 5.92 Å². The first-order valence-corrected chi connectivity index (χ1v) is 10.8. The minimum Gasteiger partial charge on any atom is -0.376 e. The fourth-order valence-electron chi connectivity index (χ4n) is 3.07. The van der Waals surface area contributed by atoms with Gasteiger partial charge in [-0.3, -0.25) is 4.79 Å². The Morgan fingerprint density at radius 1 is 1.11 bits per heavy atom. The van der Waals surface area contributed by atoms with E-state index in [0.717, 1.165) is 12.8 Å². The lowest BCUT2D eigenvalue weighted by atomic mass is 10.0. The van der Waals surface area contributed by atoms with Gasteiger partial charge in [-0.2, -0.15) is 4.31 Å². The number of nitrogens with one attached hydrogen (secondary N) is 1. The number of ketones is 1. The van der Waals surface area contributed by atoms with E-state index in [1.54, 1.807) is 24.3 Å². The standard InChI is InChI=1S/C20H23ClN2O3S/c1-15-10-12-23(13-11-15)27(25,26)17-8-6-16(7-9-17)20(24)14-22-19-5-3-2-4-18(19)21/h2-9,15,22H,10-14H2,1H3. The third-order valence-corrected chi connectivity index (χ3v) is 7.11. The van der Waals surface area contributed by atoms with Crippen LogP contribution in [0.3, 0.4) is 0 Å². The summed E-state index contributed by atoms with van der Waals surface area (Å²) in [6.45, 7) is 3.32. The molecule has 1 aliphatic heterocycles. The second-order valence-corrected chi connectivity index (χ2v) is 9.21. The molecule has 2 aromatic rings. The second-order valence-electron chi connectivity index (χ2n) is 6.87. The number of benzene rings is 2. The summed E-state index contributed by atoms with van der Waals surface area (Å²) in [5, 5.41) is 3.55. The van der Waals surface area contributed by atoms with Crippen LogP contribution >= 0.6 is 11.6 Å². The number of piperidine rings is 1. The molecule has 0 spiro atoms.